The van der Waals surface area contributed by atoms with Gasteiger partial charge in [0.25, 0.3) is 5.91 Å². The van der Waals surface area contributed by atoms with Gasteiger partial charge in [-0.15, -0.1) is 5.10 Å². The van der Waals surface area contributed by atoms with Crippen LogP contribution in [0.25, 0.3) is 5.69 Å². The van der Waals surface area contributed by atoms with Crippen LogP contribution in [-0.2, 0) is 17.4 Å². The molecule has 0 saturated heterocycles. The number of aromatic nitrogens is 3. The Morgan fingerprint density at radius 2 is 1.72 bits per heavy atom. The van der Waals surface area contributed by atoms with E-state index in [1.165, 1.54) is 18.2 Å². The number of hydrogen-bond donors (Lipinski definition) is 2. The molecule has 0 spiro atoms. The summed E-state index contributed by atoms with van der Waals surface area (Å²) in [5.74, 6) is -1.33. The van der Waals surface area contributed by atoms with Gasteiger partial charge in [0, 0.05) is 5.02 Å². The highest BCUT2D eigenvalue weighted by Crippen LogP contribution is 2.33. The summed E-state index contributed by atoms with van der Waals surface area (Å²) in [4.78, 5) is 24.0. The van der Waals surface area contributed by atoms with E-state index in [4.69, 9.17) is 11.6 Å². The van der Waals surface area contributed by atoms with Crippen LogP contribution in [0.1, 0.15) is 21.6 Å². The maximum absolute atomic E-state index is 13.1. The molecule has 0 aliphatic heterocycles. The van der Waals surface area contributed by atoms with Gasteiger partial charge in [-0.25, -0.2) is 4.68 Å². The van der Waals surface area contributed by atoms with Crippen LogP contribution in [0.3, 0.4) is 0 Å². The van der Waals surface area contributed by atoms with Crippen LogP contribution in [0.2, 0.25) is 5.02 Å². The van der Waals surface area contributed by atoms with Gasteiger partial charge in [0.05, 0.1) is 23.9 Å². The number of rotatable bonds is 4. The van der Waals surface area contributed by atoms with E-state index in [0.29, 0.717) is 10.6 Å². The molecular weight excluding hydrogens is 411 g/mol. The highest BCUT2D eigenvalue weighted by molar-refractivity contribution is 6.30. The van der Waals surface area contributed by atoms with Gasteiger partial charge in [0.15, 0.2) is 5.69 Å². The predicted molar refractivity (Wildman–Crippen MR) is 97.1 cm³/mol. The zero-order valence-electron chi connectivity index (χ0n) is 14.6. The van der Waals surface area contributed by atoms with E-state index in [1.807, 2.05) is 0 Å². The normalized spacial score (nSPS) is 11.2. The second-order valence-corrected chi connectivity index (χ2v) is 6.31. The van der Waals surface area contributed by atoms with Gasteiger partial charge in [-0.3, -0.25) is 20.4 Å². The van der Waals surface area contributed by atoms with Crippen molar-refractivity contribution in [3.8, 4) is 5.69 Å². The Morgan fingerprint density at radius 1 is 1.03 bits per heavy atom. The lowest BCUT2D eigenvalue weighted by atomic mass is 10.1. The fourth-order valence-corrected chi connectivity index (χ4v) is 2.55. The van der Waals surface area contributed by atoms with Gasteiger partial charge < -0.3 is 0 Å². The van der Waals surface area contributed by atoms with Gasteiger partial charge in [-0.1, -0.05) is 41.1 Å². The molecule has 0 fully saturated rings. The van der Waals surface area contributed by atoms with Gasteiger partial charge in [-0.05, 0) is 29.8 Å². The maximum Gasteiger partial charge on any atom is 0.418 e. The van der Waals surface area contributed by atoms with E-state index in [9.17, 15) is 22.8 Å². The minimum absolute atomic E-state index is 0.0108. The Morgan fingerprint density at radius 3 is 2.41 bits per heavy atom. The standard InChI is InChI=1S/C18H13ClF3N5O2/c19-12-7-5-11(6-8-12)9-16(28)24-25-17(29)14-10-27(26-23-14)15-4-2-1-3-13(15)18(20,21)22/h1-8,10H,9H2,(H,24,28)(H,25,29). The van der Waals surface area contributed by atoms with Gasteiger partial charge in [0.2, 0.25) is 5.91 Å². The SMILES string of the molecule is O=C(Cc1ccc(Cl)cc1)NNC(=O)c1cn(-c2ccccc2C(F)(F)F)nn1. The number of carbonyl (C=O) groups is 2. The fourth-order valence-electron chi connectivity index (χ4n) is 2.42. The van der Waals surface area contributed by atoms with E-state index in [-0.39, 0.29) is 17.8 Å². The van der Waals surface area contributed by atoms with Crippen molar-refractivity contribution >= 4 is 23.4 Å². The first-order valence-electron chi connectivity index (χ1n) is 8.16. The van der Waals surface area contributed by atoms with Crippen molar-refractivity contribution in [2.75, 3.05) is 0 Å². The molecule has 1 heterocycles. The zero-order chi connectivity index (χ0) is 21.0. The number of carbonyl (C=O) groups excluding carboxylic acids is 2. The molecule has 2 N–H and O–H groups in total. The molecule has 11 heteroatoms. The summed E-state index contributed by atoms with van der Waals surface area (Å²) >= 11 is 5.76. The Bertz CT molecular complexity index is 1030. The van der Waals surface area contributed by atoms with E-state index in [0.717, 1.165) is 16.9 Å². The first-order chi connectivity index (χ1) is 13.7. The summed E-state index contributed by atoms with van der Waals surface area (Å²) in [5, 5.41) is 7.65. The van der Waals surface area contributed by atoms with Crippen LogP contribution in [0.4, 0.5) is 13.2 Å². The number of alkyl halides is 3. The maximum atomic E-state index is 13.1. The molecule has 0 aliphatic rings. The van der Waals surface area contributed by atoms with Crippen molar-refractivity contribution in [1.29, 1.82) is 0 Å². The van der Waals surface area contributed by atoms with Crippen molar-refractivity contribution in [2.45, 2.75) is 12.6 Å². The Labute approximate surface area is 167 Å². The molecular formula is C18H13ClF3N5O2. The van der Waals surface area contributed by atoms with Gasteiger partial charge in [-0.2, -0.15) is 13.2 Å². The average Bonchev–Trinajstić information content (AvgIpc) is 3.17. The summed E-state index contributed by atoms with van der Waals surface area (Å²) in [6.45, 7) is 0. The van der Waals surface area contributed by atoms with Crippen LogP contribution in [-0.4, -0.2) is 26.8 Å². The van der Waals surface area contributed by atoms with E-state index >= 15 is 0 Å². The summed E-state index contributed by atoms with van der Waals surface area (Å²) in [6.07, 6.45) is -3.57. The molecule has 29 heavy (non-hydrogen) atoms. The van der Waals surface area contributed by atoms with Crippen molar-refractivity contribution in [3.63, 3.8) is 0 Å². The van der Waals surface area contributed by atoms with E-state index in [2.05, 4.69) is 21.2 Å². The molecule has 0 saturated carbocycles. The summed E-state index contributed by atoms with van der Waals surface area (Å²) in [7, 11) is 0. The highest BCUT2D eigenvalue weighted by Gasteiger charge is 2.34. The van der Waals surface area contributed by atoms with Crippen LogP contribution < -0.4 is 10.9 Å². The van der Waals surface area contributed by atoms with Gasteiger partial charge in [0.1, 0.15) is 0 Å². The predicted octanol–water partition coefficient (Wildman–Crippen LogP) is 2.94. The van der Waals surface area contributed by atoms with Crippen LogP contribution >= 0.6 is 11.6 Å². The third kappa shape index (κ3) is 5.11. The molecule has 3 aromatic rings. The lowest BCUT2D eigenvalue weighted by molar-refractivity contribution is -0.137. The topological polar surface area (TPSA) is 88.9 Å². The molecule has 0 unspecified atom stereocenters. The molecule has 0 atom stereocenters. The molecule has 2 amide bonds. The van der Waals surface area contributed by atoms with Crippen LogP contribution in [0.5, 0.6) is 0 Å². The average molecular weight is 424 g/mol. The molecule has 1 aromatic heterocycles. The number of nitrogens with zero attached hydrogens (tertiary/aromatic N) is 3. The van der Waals surface area contributed by atoms with Crippen molar-refractivity contribution in [3.05, 3.63) is 76.6 Å². The lowest BCUT2D eigenvalue weighted by Gasteiger charge is -2.11. The van der Waals surface area contributed by atoms with Crippen molar-refractivity contribution in [1.82, 2.24) is 25.8 Å². The summed E-state index contributed by atoms with van der Waals surface area (Å²) in [5.41, 5.74) is 3.54. The van der Waals surface area contributed by atoms with Gasteiger partial charge >= 0.3 is 6.18 Å². The molecule has 0 radical (unpaired) electrons. The number of nitrogens with one attached hydrogen (secondary N) is 2. The third-order valence-electron chi connectivity index (χ3n) is 3.78. The molecule has 3 rings (SSSR count). The number of hydrazine groups is 1. The second kappa shape index (κ2) is 8.31. The van der Waals surface area contributed by atoms with Crippen LogP contribution in [0, 0.1) is 0 Å². The minimum atomic E-state index is -4.60. The number of hydrogen-bond acceptors (Lipinski definition) is 4. The first-order valence-corrected chi connectivity index (χ1v) is 8.54. The third-order valence-corrected chi connectivity index (χ3v) is 4.03. The van der Waals surface area contributed by atoms with E-state index < -0.39 is 23.6 Å². The molecule has 7 nitrogen and oxygen atoms in total. The van der Waals surface area contributed by atoms with Crippen LogP contribution in [0.15, 0.2) is 54.7 Å². The Hall–Kier alpha value is -3.40. The lowest BCUT2D eigenvalue weighted by Crippen LogP contribution is -2.42. The summed E-state index contributed by atoms with van der Waals surface area (Å²) in [6, 6.07) is 11.3. The monoisotopic (exact) mass is 423 g/mol. The number of halogens is 4. The van der Waals surface area contributed by atoms with E-state index in [1.54, 1.807) is 24.3 Å². The molecule has 150 valence electrons. The van der Waals surface area contributed by atoms with Crippen molar-refractivity contribution in [2.24, 2.45) is 0 Å². The largest absolute Gasteiger partial charge is 0.418 e. The smallest absolute Gasteiger partial charge is 0.273 e. The van der Waals surface area contributed by atoms with Crippen molar-refractivity contribution < 1.29 is 22.8 Å². The number of amides is 2. The number of para-hydroxylation sites is 1. The number of benzene rings is 2. The fraction of sp³-hybridized carbons (Fsp3) is 0.111. The second-order valence-electron chi connectivity index (χ2n) is 5.87. The molecule has 0 bridgehead atoms. The molecule has 0 aliphatic carbocycles. The Kier molecular flexibility index (Phi) is 5.83. The molecule has 2 aromatic carbocycles. The first kappa shape index (κ1) is 20.3. The highest BCUT2D eigenvalue weighted by atomic mass is 35.5. The zero-order valence-corrected chi connectivity index (χ0v) is 15.3. The minimum Gasteiger partial charge on any atom is -0.273 e. The quantitative estimate of drug-likeness (QED) is 0.631. The Balaban J connectivity index is 1.64. The summed E-state index contributed by atoms with van der Waals surface area (Å²) < 4.78 is 40.2.